The van der Waals surface area contributed by atoms with Crippen molar-refractivity contribution in [3.63, 3.8) is 0 Å². The van der Waals surface area contributed by atoms with Crippen molar-refractivity contribution in [2.75, 3.05) is 50.2 Å². The van der Waals surface area contributed by atoms with Gasteiger partial charge in [-0.3, -0.25) is 0 Å². The predicted molar refractivity (Wildman–Crippen MR) is 80.2 cm³/mol. The van der Waals surface area contributed by atoms with Crippen LogP contribution < -0.4 is 15.5 Å². The summed E-state index contributed by atoms with van der Waals surface area (Å²) in [4.78, 5) is 7.39. The number of nitrogens with zero attached hydrogens (tertiary/aromatic N) is 3. The quantitative estimate of drug-likeness (QED) is 0.486. The Morgan fingerprint density at radius 2 is 1.76 bits per heavy atom. The summed E-state index contributed by atoms with van der Waals surface area (Å²) in [6.45, 7) is 0.691. The van der Waals surface area contributed by atoms with E-state index in [1.54, 1.807) is 10.8 Å². The van der Waals surface area contributed by atoms with Crippen molar-refractivity contribution in [2.24, 2.45) is 7.05 Å². The van der Waals surface area contributed by atoms with Gasteiger partial charge in [0, 0.05) is 32.3 Å². The zero-order valence-electron chi connectivity index (χ0n) is 12.1. The fourth-order valence-electron chi connectivity index (χ4n) is 2.33. The van der Waals surface area contributed by atoms with Crippen molar-refractivity contribution in [1.29, 1.82) is 0 Å². The number of hydrogen-bond acceptors (Lipinski definition) is 6. The average Bonchev–Trinajstić information content (AvgIpc) is 2.94. The molecule has 2 rings (SSSR count). The van der Waals surface area contributed by atoms with Gasteiger partial charge in [0.1, 0.15) is 23.8 Å². The van der Waals surface area contributed by atoms with Crippen LogP contribution in [-0.2, 0) is 7.05 Å². The van der Waals surface area contributed by atoms with E-state index in [0.717, 1.165) is 11.0 Å². The lowest BCUT2D eigenvalue weighted by Crippen LogP contribution is -2.33. The predicted octanol–water partition coefficient (Wildman–Crippen LogP) is -1.23. The Hall–Kier alpha value is -1.90. The summed E-state index contributed by atoms with van der Waals surface area (Å²) in [5.41, 5.74) is 7.54. The van der Waals surface area contributed by atoms with Gasteiger partial charge in [-0.15, -0.1) is 0 Å². The van der Waals surface area contributed by atoms with Gasteiger partial charge in [-0.25, -0.2) is 0 Å². The number of aliphatic hydroxyl groups excluding tert-OH is 3. The first-order valence-corrected chi connectivity index (χ1v) is 6.81. The molecule has 0 saturated heterocycles. The average molecular weight is 298 g/mol. The van der Waals surface area contributed by atoms with Gasteiger partial charge in [0.05, 0.1) is 25.3 Å². The number of hydrogen-bond donors (Lipinski definition) is 4. The smallest absolute Gasteiger partial charge is 0.147 e. The first kappa shape index (κ1) is 15.5. The Morgan fingerprint density at radius 3 is 2.33 bits per heavy atom. The van der Waals surface area contributed by atoms with Gasteiger partial charge in [0.15, 0.2) is 0 Å². The molecule has 0 bridgehead atoms. The third kappa shape index (κ3) is 2.92. The van der Waals surface area contributed by atoms with E-state index in [1.165, 1.54) is 0 Å². The molecule has 0 aliphatic rings. The van der Waals surface area contributed by atoms with Crippen LogP contribution >= 0.6 is 0 Å². The van der Waals surface area contributed by atoms with Gasteiger partial charge in [0.2, 0.25) is 0 Å². The summed E-state index contributed by atoms with van der Waals surface area (Å²) in [6.07, 6.45) is 0. The summed E-state index contributed by atoms with van der Waals surface area (Å²) in [7, 11) is 1.85. The third-order valence-electron chi connectivity index (χ3n) is 3.36. The van der Waals surface area contributed by atoms with Crippen LogP contribution in [0.15, 0.2) is 12.1 Å². The van der Waals surface area contributed by atoms with Crippen molar-refractivity contribution in [2.45, 2.75) is 0 Å². The van der Waals surface area contributed by atoms with Crippen LogP contribution in [0, 0.1) is 0 Å². The molecule has 8 nitrogen and oxygen atoms in total. The number of rotatable bonds is 8. The van der Waals surface area contributed by atoms with E-state index < -0.39 is 0 Å². The van der Waals surface area contributed by atoms with Crippen LogP contribution in [0.4, 0.5) is 11.6 Å². The second-order valence-electron chi connectivity index (χ2n) is 4.69. The van der Waals surface area contributed by atoms with Crippen LogP contribution in [0.2, 0.25) is 0 Å². The molecular weight excluding hydrogens is 276 g/mol. The fraction of sp³-hybridized carbons (Fsp3) is 0.538. The van der Waals surface area contributed by atoms with Crippen molar-refractivity contribution < 1.29 is 20.2 Å². The maximum absolute atomic E-state index is 9.18. The molecule has 0 atom stereocenters. The molecule has 8 heteroatoms. The summed E-state index contributed by atoms with van der Waals surface area (Å²) in [5.74, 6) is 1.30. The van der Waals surface area contributed by atoms with Crippen LogP contribution in [0.1, 0.15) is 0 Å². The highest BCUT2D eigenvalue weighted by atomic mass is 16.7. The lowest BCUT2D eigenvalue weighted by Gasteiger charge is -2.24. The lowest BCUT2D eigenvalue weighted by atomic mass is 10.4. The Kier molecular flexibility index (Phi) is 4.94. The van der Waals surface area contributed by atoms with Crippen molar-refractivity contribution in [1.82, 2.24) is 9.30 Å². The van der Waals surface area contributed by atoms with E-state index in [1.807, 2.05) is 22.6 Å². The second kappa shape index (κ2) is 6.70. The number of nitrogens with two attached hydrogens (primary N) is 1. The molecule has 21 heavy (non-hydrogen) atoms. The van der Waals surface area contributed by atoms with Crippen molar-refractivity contribution in [3.05, 3.63) is 12.1 Å². The standard InChI is InChI=1S/C13H22N4O4/c1-15-10-9-13(16(2-4-18)3-5-19)17(21-7-6-20)11(10)8-12(15)14/h8-9,18-20H,2-7,14H2,1H3. The highest BCUT2D eigenvalue weighted by Gasteiger charge is 2.19. The van der Waals surface area contributed by atoms with Gasteiger partial charge in [-0.1, -0.05) is 0 Å². The second-order valence-corrected chi connectivity index (χ2v) is 4.69. The SMILES string of the molecule is Cn1c(N)cc2c1cc(N(CCO)CCO)n2OCCO. The monoisotopic (exact) mass is 298 g/mol. The fourth-order valence-corrected chi connectivity index (χ4v) is 2.33. The van der Waals surface area contributed by atoms with Gasteiger partial charge in [-0.2, -0.15) is 4.73 Å². The molecule has 0 aliphatic carbocycles. The third-order valence-corrected chi connectivity index (χ3v) is 3.36. The summed E-state index contributed by atoms with van der Waals surface area (Å²) in [6, 6.07) is 3.67. The summed E-state index contributed by atoms with van der Waals surface area (Å²) < 4.78 is 3.40. The Morgan fingerprint density at radius 1 is 1.10 bits per heavy atom. The minimum atomic E-state index is -0.110. The first-order valence-electron chi connectivity index (χ1n) is 6.81. The van der Waals surface area contributed by atoms with Crippen LogP contribution in [-0.4, -0.2) is 64.1 Å². The Labute approximate surface area is 122 Å². The van der Waals surface area contributed by atoms with E-state index in [9.17, 15) is 10.2 Å². The normalized spacial score (nSPS) is 11.2. The summed E-state index contributed by atoms with van der Waals surface area (Å²) in [5, 5.41) is 27.3. The minimum absolute atomic E-state index is 0.0380. The highest BCUT2D eigenvalue weighted by molar-refractivity contribution is 5.86. The van der Waals surface area contributed by atoms with Gasteiger partial charge in [0.25, 0.3) is 0 Å². The van der Waals surface area contributed by atoms with Gasteiger partial charge < -0.3 is 35.4 Å². The molecule has 0 aliphatic heterocycles. The largest absolute Gasteiger partial charge is 0.409 e. The topological polar surface area (TPSA) is 109 Å². The molecule has 0 spiro atoms. The van der Waals surface area contributed by atoms with E-state index in [0.29, 0.717) is 24.7 Å². The van der Waals surface area contributed by atoms with Crippen LogP contribution in [0.5, 0.6) is 0 Å². The van der Waals surface area contributed by atoms with Crippen LogP contribution in [0.3, 0.4) is 0 Å². The number of aliphatic hydroxyl groups is 3. The van der Waals surface area contributed by atoms with E-state index in [2.05, 4.69) is 0 Å². The zero-order valence-corrected chi connectivity index (χ0v) is 12.1. The van der Waals surface area contributed by atoms with E-state index in [-0.39, 0.29) is 26.4 Å². The Bertz CT molecular complexity index is 587. The van der Waals surface area contributed by atoms with Gasteiger partial charge in [-0.05, 0) is 0 Å². The van der Waals surface area contributed by atoms with Crippen molar-refractivity contribution in [3.8, 4) is 0 Å². The zero-order chi connectivity index (χ0) is 15.4. The number of aromatic nitrogens is 2. The maximum atomic E-state index is 9.18. The molecule has 0 fully saturated rings. The molecule has 0 amide bonds. The molecule has 5 N–H and O–H groups in total. The number of aryl methyl sites for hydroxylation is 1. The molecule has 0 aromatic carbocycles. The van der Waals surface area contributed by atoms with Gasteiger partial charge >= 0.3 is 0 Å². The molecule has 0 radical (unpaired) electrons. The maximum Gasteiger partial charge on any atom is 0.147 e. The molecule has 118 valence electrons. The molecule has 2 aromatic heterocycles. The number of fused-ring (bicyclic) bond motifs is 1. The Balaban J connectivity index is 2.49. The molecule has 0 unspecified atom stereocenters. The molecule has 0 saturated carbocycles. The highest BCUT2D eigenvalue weighted by Crippen LogP contribution is 2.28. The number of anilines is 2. The first-order chi connectivity index (χ1) is 10.1. The van der Waals surface area contributed by atoms with E-state index in [4.69, 9.17) is 15.7 Å². The molecular formula is C13H22N4O4. The van der Waals surface area contributed by atoms with Crippen LogP contribution in [0.25, 0.3) is 11.0 Å². The number of nitrogen functional groups attached to an aromatic ring is 1. The molecule has 2 aromatic rings. The van der Waals surface area contributed by atoms with E-state index >= 15 is 0 Å². The lowest BCUT2D eigenvalue weighted by molar-refractivity contribution is 0.0846. The summed E-state index contributed by atoms with van der Waals surface area (Å²) >= 11 is 0. The minimum Gasteiger partial charge on any atom is -0.409 e. The van der Waals surface area contributed by atoms with Crippen molar-refractivity contribution >= 4 is 22.7 Å². The molecule has 2 heterocycles.